The number of aryl methyl sites for hydroxylation is 1. The highest BCUT2D eigenvalue weighted by Crippen LogP contribution is 2.29. The van der Waals surface area contributed by atoms with Gasteiger partial charge in [-0.25, -0.2) is 0 Å². The summed E-state index contributed by atoms with van der Waals surface area (Å²) in [6, 6.07) is 4.89. The first-order valence-corrected chi connectivity index (χ1v) is 6.29. The Morgan fingerprint density at radius 2 is 2.12 bits per heavy atom. The number of rotatable bonds is 6. The summed E-state index contributed by atoms with van der Waals surface area (Å²) in [6.45, 7) is 1.96. The molecule has 0 fully saturated rings. The molecule has 0 atom stereocenters. The summed E-state index contributed by atoms with van der Waals surface area (Å²) in [6.07, 6.45) is 2.40. The predicted octanol–water partition coefficient (Wildman–Crippen LogP) is 3.66. The number of carbonyl (C=O) groups is 1. The fourth-order valence-electron chi connectivity index (χ4n) is 1.58. The van der Waals surface area contributed by atoms with E-state index in [-0.39, 0.29) is 11.5 Å². The van der Waals surface area contributed by atoms with Crippen molar-refractivity contribution >= 4 is 27.4 Å². The highest BCUT2D eigenvalue weighted by atomic mass is 79.9. The summed E-state index contributed by atoms with van der Waals surface area (Å²) < 4.78 is 0.481. The second-order valence-corrected chi connectivity index (χ2v) is 4.59. The molecule has 0 N–H and O–H groups in total. The molecule has 0 saturated heterocycles. The van der Waals surface area contributed by atoms with Gasteiger partial charge in [0.05, 0.1) is 9.40 Å². The number of halogens is 1. The zero-order valence-corrected chi connectivity index (χ0v) is 11.2. The lowest BCUT2D eigenvalue weighted by atomic mass is 10.0. The van der Waals surface area contributed by atoms with Crippen molar-refractivity contribution in [3.63, 3.8) is 0 Å². The van der Waals surface area contributed by atoms with Crippen molar-refractivity contribution in [3.8, 4) is 0 Å². The molecule has 1 aromatic rings. The standard InChI is InChI=1S/C12H14BrNO3/c1-2-4-10(15)8-7-9-5-3-6-11(12(9)13)14(16)17/h3,5-6H,2,4,7-8H2,1H3. The molecule has 5 heteroatoms. The highest BCUT2D eigenvalue weighted by molar-refractivity contribution is 9.10. The van der Waals surface area contributed by atoms with Crippen LogP contribution in [0.25, 0.3) is 0 Å². The molecule has 0 saturated carbocycles. The Morgan fingerprint density at radius 3 is 2.71 bits per heavy atom. The van der Waals surface area contributed by atoms with Crippen molar-refractivity contribution in [1.29, 1.82) is 0 Å². The number of hydrogen-bond acceptors (Lipinski definition) is 3. The Bertz CT molecular complexity index is 432. The molecule has 17 heavy (non-hydrogen) atoms. The van der Waals surface area contributed by atoms with Crippen LogP contribution in [0.3, 0.4) is 0 Å². The van der Waals surface area contributed by atoms with E-state index in [0.29, 0.717) is 23.7 Å². The van der Waals surface area contributed by atoms with Crippen LogP contribution in [0.2, 0.25) is 0 Å². The lowest BCUT2D eigenvalue weighted by Gasteiger charge is -2.04. The summed E-state index contributed by atoms with van der Waals surface area (Å²) in [5.74, 6) is 0.200. The average molecular weight is 300 g/mol. The molecular formula is C12H14BrNO3. The first kappa shape index (κ1) is 13.8. The molecule has 0 aromatic heterocycles. The summed E-state index contributed by atoms with van der Waals surface area (Å²) >= 11 is 3.22. The quantitative estimate of drug-likeness (QED) is 0.595. The SMILES string of the molecule is CCCC(=O)CCc1cccc([N+](=O)[O-])c1Br. The van der Waals surface area contributed by atoms with Gasteiger partial charge < -0.3 is 0 Å². The van der Waals surface area contributed by atoms with Crippen LogP contribution in [0.15, 0.2) is 22.7 Å². The van der Waals surface area contributed by atoms with Crippen molar-refractivity contribution in [3.05, 3.63) is 38.3 Å². The summed E-state index contributed by atoms with van der Waals surface area (Å²) in [5, 5.41) is 10.7. The molecule has 1 aromatic carbocycles. The van der Waals surface area contributed by atoms with E-state index in [4.69, 9.17) is 0 Å². The summed E-state index contributed by atoms with van der Waals surface area (Å²) in [4.78, 5) is 21.7. The van der Waals surface area contributed by atoms with Crippen molar-refractivity contribution in [2.45, 2.75) is 32.6 Å². The largest absolute Gasteiger partial charge is 0.300 e. The van der Waals surface area contributed by atoms with Crippen LogP contribution in [0.5, 0.6) is 0 Å². The number of ketones is 1. The van der Waals surface area contributed by atoms with Gasteiger partial charge in [-0.2, -0.15) is 0 Å². The van der Waals surface area contributed by atoms with Crippen molar-refractivity contribution < 1.29 is 9.72 Å². The van der Waals surface area contributed by atoms with E-state index >= 15 is 0 Å². The molecule has 92 valence electrons. The topological polar surface area (TPSA) is 60.2 Å². The second kappa shape index (κ2) is 6.49. The van der Waals surface area contributed by atoms with E-state index in [2.05, 4.69) is 15.9 Å². The fourth-order valence-corrected chi connectivity index (χ4v) is 2.19. The summed E-state index contributed by atoms with van der Waals surface area (Å²) in [7, 11) is 0. The monoisotopic (exact) mass is 299 g/mol. The number of nitro benzene ring substituents is 1. The first-order valence-electron chi connectivity index (χ1n) is 5.49. The third-order valence-electron chi connectivity index (χ3n) is 2.46. The van der Waals surface area contributed by atoms with E-state index in [1.54, 1.807) is 12.1 Å². The van der Waals surface area contributed by atoms with Crippen molar-refractivity contribution in [2.24, 2.45) is 0 Å². The van der Waals surface area contributed by atoms with Gasteiger partial charge in [0.25, 0.3) is 5.69 Å². The molecular weight excluding hydrogens is 286 g/mol. The van der Waals surface area contributed by atoms with E-state index < -0.39 is 4.92 Å². The van der Waals surface area contributed by atoms with Gasteiger partial charge >= 0.3 is 0 Å². The van der Waals surface area contributed by atoms with Crippen LogP contribution in [-0.4, -0.2) is 10.7 Å². The molecule has 0 aliphatic carbocycles. The van der Waals surface area contributed by atoms with Crippen LogP contribution in [-0.2, 0) is 11.2 Å². The van der Waals surface area contributed by atoms with Gasteiger partial charge in [0.2, 0.25) is 0 Å². The maximum atomic E-state index is 11.4. The second-order valence-electron chi connectivity index (χ2n) is 3.80. The number of Topliss-reactive ketones (excluding diaryl/α,β-unsaturated/α-hetero) is 1. The number of hydrogen-bond donors (Lipinski definition) is 0. The van der Waals surface area contributed by atoms with E-state index in [0.717, 1.165) is 12.0 Å². The maximum Gasteiger partial charge on any atom is 0.283 e. The molecule has 4 nitrogen and oxygen atoms in total. The Balaban J connectivity index is 2.75. The van der Waals surface area contributed by atoms with Crippen LogP contribution >= 0.6 is 15.9 Å². The van der Waals surface area contributed by atoms with E-state index in [9.17, 15) is 14.9 Å². The van der Waals surface area contributed by atoms with E-state index in [1.807, 2.05) is 6.92 Å². The smallest absolute Gasteiger partial charge is 0.283 e. The Hall–Kier alpha value is -1.23. The minimum absolute atomic E-state index is 0.0467. The molecule has 0 aliphatic rings. The minimum atomic E-state index is -0.429. The van der Waals surface area contributed by atoms with Gasteiger partial charge in [-0.15, -0.1) is 0 Å². The molecule has 1 rings (SSSR count). The number of nitrogens with zero attached hydrogens (tertiary/aromatic N) is 1. The fraction of sp³-hybridized carbons (Fsp3) is 0.417. The van der Waals surface area contributed by atoms with Gasteiger partial charge in [0.15, 0.2) is 0 Å². The zero-order chi connectivity index (χ0) is 12.8. The molecule has 0 aliphatic heterocycles. The summed E-state index contributed by atoms with van der Waals surface area (Å²) in [5.41, 5.74) is 0.856. The van der Waals surface area contributed by atoms with Crippen LogP contribution in [0, 0.1) is 10.1 Å². The van der Waals surface area contributed by atoms with Gasteiger partial charge in [-0.3, -0.25) is 14.9 Å². The lowest BCUT2D eigenvalue weighted by Crippen LogP contribution is -2.00. The highest BCUT2D eigenvalue weighted by Gasteiger charge is 2.15. The average Bonchev–Trinajstić information content (AvgIpc) is 2.27. The Morgan fingerprint density at radius 1 is 1.41 bits per heavy atom. The van der Waals surface area contributed by atoms with Crippen LogP contribution in [0.1, 0.15) is 31.7 Å². The normalized spacial score (nSPS) is 10.2. The number of benzene rings is 1. The zero-order valence-electron chi connectivity index (χ0n) is 9.61. The van der Waals surface area contributed by atoms with E-state index in [1.165, 1.54) is 6.07 Å². The molecule has 0 amide bonds. The molecule has 0 unspecified atom stereocenters. The Labute approximate surface area is 108 Å². The lowest BCUT2D eigenvalue weighted by molar-refractivity contribution is -0.385. The third-order valence-corrected chi connectivity index (χ3v) is 3.37. The van der Waals surface area contributed by atoms with Crippen LogP contribution < -0.4 is 0 Å². The molecule has 0 heterocycles. The molecule has 0 spiro atoms. The number of carbonyl (C=O) groups excluding carboxylic acids is 1. The number of nitro groups is 1. The third kappa shape index (κ3) is 3.93. The minimum Gasteiger partial charge on any atom is -0.300 e. The maximum absolute atomic E-state index is 11.4. The van der Waals surface area contributed by atoms with Crippen LogP contribution in [0.4, 0.5) is 5.69 Å². The molecule has 0 radical (unpaired) electrons. The molecule has 0 bridgehead atoms. The van der Waals surface area contributed by atoms with Crippen molar-refractivity contribution in [2.75, 3.05) is 0 Å². The van der Waals surface area contributed by atoms with Gasteiger partial charge in [-0.05, 0) is 34.3 Å². The van der Waals surface area contributed by atoms with Crippen molar-refractivity contribution in [1.82, 2.24) is 0 Å². The Kier molecular flexibility index (Phi) is 5.28. The van der Waals surface area contributed by atoms with Gasteiger partial charge in [0.1, 0.15) is 5.78 Å². The van der Waals surface area contributed by atoms with Gasteiger partial charge in [-0.1, -0.05) is 19.1 Å². The predicted molar refractivity (Wildman–Crippen MR) is 69.0 cm³/mol. The van der Waals surface area contributed by atoms with Gasteiger partial charge in [0, 0.05) is 18.9 Å². The first-order chi connectivity index (χ1) is 8.06.